The lowest BCUT2D eigenvalue weighted by molar-refractivity contribution is 0.0950. The van der Waals surface area contributed by atoms with Gasteiger partial charge in [0, 0.05) is 11.8 Å². The highest BCUT2D eigenvalue weighted by molar-refractivity contribution is 6.39. The van der Waals surface area contributed by atoms with Gasteiger partial charge in [-0.2, -0.15) is 0 Å². The summed E-state index contributed by atoms with van der Waals surface area (Å²) in [5.74, 6) is 0.348. The van der Waals surface area contributed by atoms with Crippen molar-refractivity contribution in [3.05, 3.63) is 51.5 Å². The van der Waals surface area contributed by atoms with Crippen LogP contribution in [-0.2, 0) is 6.54 Å². The minimum Gasteiger partial charge on any atom is -0.396 e. The zero-order valence-corrected chi connectivity index (χ0v) is 12.2. The number of amides is 1. The summed E-state index contributed by atoms with van der Waals surface area (Å²) in [6.45, 7) is 2.08. The van der Waals surface area contributed by atoms with Crippen molar-refractivity contribution in [3.8, 4) is 0 Å². The quantitative estimate of drug-likeness (QED) is 0.854. The molecule has 7 heteroatoms. The summed E-state index contributed by atoms with van der Waals surface area (Å²) < 4.78 is 0. The number of aryl methyl sites for hydroxylation is 1. The van der Waals surface area contributed by atoms with Gasteiger partial charge in [-0.25, -0.2) is 9.97 Å². The molecule has 0 aliphatic rings. The molecule has 0 bridgehead atoms. The number of hydrogen-bond donors (Lipinski definition) is 2. The Morgan fingerprint density at radius 2 is 2.00 bits per heavy atom. The fraction of sp³-hybridized carbons (Fsp3) is 0.154. The summed E-state index contributed by atoms with van der Waals surface area (Å²) in [6, 6.07) is 4.68. The van der Waals surface area contributed by atoms with Crippen LogP contribution < -0.4 is 11.1 Å². The number of carbonyl (C=O) groups is 1. The van der Waals surface area contributed by atoms with E-state index in [2.05, 4.69) is 15.3 Å². The van der Waals surface area contributed by atoms with Crippen LogP contribution in [0, 0.1) is 6.92 Å². The Labute approximate surface area is 126 Å². The monoisotopic (exact) mass is 310 g/mol. The van der Waals surface area contributed by atoms with Crippen LogP contribution in [0.2, 0.25) is 10.0 Å². The van der Waals surface area contributed by atoms with Gasteiger partial charge in [0.25, 0.3) is 5.91 Å². The second-order valence-electron chi connectivity index (χ2n) is 4.13. The van der Waals surface area contributed by atoms with Crippen LogP contribution in [0.15, 0.2) is 24.4 Å². The summed E-state index contributed by atoms with van der Waals surface area (Å²) in [6.07, 6.45) is 1.64. The summed E-state index contributed by atoms with van der Waals surface area (Å²) in [4.78, 5) is 20.2. The van der Waals surface area contributed by atoms with E-state index in [1.807, 2.05) is 0 Å². The number of nitrogens with two attached hydrogens (primary N) is 1. The van der Waals surface area contributed by atoms with E-state index in [1.54, 1.807) is 19.2 Å². The first kappa shape index (κ1) is 14.6. The number of nitrogens with zero attached hydrogens (tertiary/aromatic N) is 2. The largest absolute Gasteiger partial charge is 0.396 e. The molecular weight excluding hydrogens is 299 g/mol. The maximum Gasteiger partial charge on any atom is 0.251 e. The van der Waals surface area contributed by atoms with E-state index in [1.165, 1.54) is 12.1 Å². The first-order valence-electron chi connectivity index (χ1n) is 5.78. The van der Waals surface area contributed by atoms with E-state index < -0.39 is 0 Å². The highest BCUT2D eigenvalue weighted by Gasteiger charge is 2.11. The second-order valence-corrected chi connectivity index (χ2v) is 4.95. The molecule has 0 atom stereocenters. The number of anilines is 1. The third kappa shape index (κ3) is 3.37. The minimum absolute atomic E-state index is 0.250. The van der Waals surface area contributed by atoms with E-state index in [0.717, 1.165) is 5.69 Å². The minimum atomic E-state index is -0.301. The number of hydrogen-bond acceptors (Lipinski definition) is 4. The number of carbonyl (C=O) groups excluding carboxylic acids is 1. The van der Waals surface area contributed by atoms with Crippen molar-refractivity contribution in [1.82, 2.24) is 15.3 Å². The van der Waals surface area contributed by atoms with Crippen molar-refractivity contribution in [1.29, 1.82) is 0 Å². The fourth-order valence-corrected chi connectivity index (χ4v) is 2.08. The van der Waals surface area contributed by atoms with Gasteiger partial charge >= 0.3 is 0 Å². The highest BCUT2D eigenvalue weighted by Crippen LogP contribution is 2.28. The molecule has 20 heavy (non-hydrogen) atoms. The van der Waals surface area contributed by atoms with Crippen LogP contribution in [0.5, 0.6) is 0 Å². The molecule has 1 amide bonds. The Hall–Kier alpha value is -1.85. The van der Waals surface area contributed by atoms with Crippen LogP contribution >= 0.6 is 23.2 Å². The number of halogens is 2. The number of benzene rings is 1. The van der Waals surface area contributed by atoms with E-state index in [0.29, 0.717) is 17.9 Å². The molecule has 104 valence electrons. The topological polar surface area (TPSA) is 80.9 Å². The van der Waals surface area contributed by atoms with Gasteiger partial charge in [0.1, 0.15) is 5.82 Å². The second kappa shape index (κ2) is 6.07. The predicted octanol–water partition coefficient (Wildman–Crippen LogP) is 2.60. The third-order valence-electron chi connectivity index (χ3n) is 2.61. The van der Waals surface area contributed by atoms with Crippen molar-refractivity contribution in [2.24, 2.45) is 0 Å². The smallest absolute Gasteiger partial charge is 0.251 e. The van der Waals surface area contributed by atoms with Crippen molar-refractivity contribution in [2.75, 3.05) is 5.73 Å². The van der Waals surface area contributed by atoms with Gasteiger partial charge in [0.15, 0.2) is 0 Å². The molecule has 0 saturated heterocycles. The number of nitrogen functional groups attached to an aromatic ring is 1. The Morgan fingerprint density at radius 3 is 2.60 bits per heavy atom. The van der Waals surface area contributed by atoms with Crippen LogP contribution in [0.3, 0.4) is 0 Å². The molecule has 5 nitrogen and oxygen atoms in total. The van der Waals surface area contributed by atoms with Gasteiger partial charge in [-0.15, -0.1) is 0 Å². The lowest BCUT2D eigenvalue weighted by atomic mass is 10.2. The maximum atomic E-state index is 12.0. The normalized spacial score (nSPS) is 10.3. The van der Waals surface area contributed by atoms with Crippen molar-refractivity contribution >= 4 is 34.8 Å². The highest BCUT2D eigenvalue weighted by atomic mass is 35.5. The lowest BCUT2D eigenvalue weighted by Gasteiger charge is -2.08. The molecule has 3 N–H and O–H groups in total. The van der Waals surface area contributed by atoms with E-state index in [4.69, 9.17) is 28.9 Å². The predicted molar refractivity (Wildman–Crippen MR) is 78.8 cm³/mol. The standard InChI is InChI=1S/C13H12Cl2N4O/c1-7-17-3-2-9(19-7)6-18-13(20)8-4-10(14)12(16)11(15)5-8/h2-5H,6,16H2,1H3,(H,18,20). The number of rotatable bonds is 3. The first-order chi connectivity index (χ1) is 9.47. The van der Waals surface area contributed by atoms with Gasteiger partial charge in [0.05, 0.1) is 28.0 Å². The molecule has 0 unspecified atom stereocenters. The number of aromatic nitrogens is 2. The SMILES string of the molecule is Cc1nccc(CNC(=O)c2cc(Cl)c(N)c(Cl)c2)n1. The molecule has 0 spiro atoms. The van der Waals surface area contributed by atoms with Crippen molar-refractivity contribution in [2.45, 2.75) is 13.5 Å². The molecule has 2 rings (SSSR count). The third-order valence-corrected chi connectivity index (χ3v) is 3.23. The van der Waals surface area contributed by atoms with E-state index in [9.17, 15) is 4.79 Å². The Morgan fingerprint density at radius 1 is 1.35 bits per heavy atom. The molecule has 2 aromatic rings. The average molecular weight is 311 g/mol. The summed E-state index contributed by atoms with van der Waals surface area (Å²) in [5, 5.41) is 3.23. The first-order valence-corrected chi connectivity index (χ1v) is 6.54. The molecular formula is C13H12Cl2N4O. The molecule has 0 aliphatic heterocycles. The zero-order chi connectivity index (χ0) is 14.7. The Kier molecular flexibility index (Phi) is 4.42. The van der Waals surface area contributed by atoms with Gasteiger partial charge in [0.2, 0.25) is 0 Å². The van der Waals surface area contributed by atoms with Gasteiger partial charge in [-0.3, -0.25) is 4.79 Å². The van der Waals surface area contributed by atoms with E-state index in [-0.39, 0.29) is 21.6 Å². The van der Waals surface area contributed by atoms with Crippen LogP contribution in [0.25, 0.3) is 0 Å². The molecule has 1 aromatic heterocycles. The lowest BCUT2D eigenvalue weighted by Crippen LogP contribution is -2.23. The van der Waals surface area contributed by atoms with Gasteiger partial charge in [-0.1, -0.05) is 23.2 Å². The van der Waals surface area contributed by atoms with Crippen LogP contribution in [0.1, 0.15) is 21.9 Å². The van der Waals surface area contributed by atoms with Crippen molar-refractivity contribution < 1.29 is 4.79 Å². The summed E-state index contributed by atoms with van der Waals surface area (Å²) in [7, 11) is 0. The Bertz CT molecular complexity index is 638. The fourth-order valence-electron chi connectivity index (χ4n) is 1.59. The van der Waals surface area contributed by atoms with Gasteiger partial charge in [-0.05, 0) is 25.1 Å². The summed E-state index contributed by atoms with van der Waals surface area (Å²) in [5.41, 5.74) is 6.95. The maximum absolute atomic E-state index is 12.0. The van der Waals surface area contributed by atoms with Crippen LogP contribution in [-0.4, -0.2) is 15.9 Å². The van der Waals surface area contributed by atoms with Crippen LogP contribution in [0.4, 0.5) is 5.69 Å². The number of nitrogens with one attached hydrogen (secondary N) is 1. The average Bonchev–Trinajstić information content (AvgIpc) is 2.41. The molecule has 1 aromatic carbocycles. The molecule has 0 saturated carbocycles. The molecule has 1 heterocycles. The Balaban J connectivity index is 2.09. The summed E-state index contributed by atoms with van der Waals surface area (Å²) >= 11 is 11.8. The van der Waals surface area contributed by atoms with E-state index >= 15 is 0 Å². The van der Waals surface area contributed by atoms with Gasteiger partial charge < -0.3 is 11.1 Å². The van der Waals surface area contributed by atoms with Crippen molar-refractivity contribution in [3.63, 3.8) is 0 Å². The zero-order valence-electron chi connectivity index (χ0n) is 10.7. The molecule has 0 aliphatic carbocycles. The molecule has 0 fully saturated rings. The molecule has 0 radical (unpaired) electrons.